The van der Waals surface area contributed by atoms with Crippen molar-refractivity contribution in [2.45, 2.75) is 19.4 Å². The van der Waals surface area contributed by atoms with Gasteiger partial charge in [0.1, 0.15) is 5.76 Å². The van der Waals surface area contributed by atoms with Crippen molar-refractivity contribution in [1.29, 1.82) is 0 Å². The molecule has 1 amide bonds. The highest BCUT2D eigenvalue weighted by atomic mass is 127. The lowest BCUT2D eigenvalue weighted by molar-refractivity contribution is -0.116. The number of carbonyl (C=O) groups excluding carboxylic acids is 1. The minimum absolute atomic E-state index is 0.0957. The van der Waals surface area contributed by atoms with Crippen molar-refractivity contribution in [1.82, 2.24) is 0 Å². The minimum atomic E-state index is 0.0957. The molecule has 1 aliphatic heterocycles. The molecule has 1 aliphatic rings. The maximum absolute atomic E-state index is 11.3. The number of amides is 1. The lowest BCUT2D eigenvalue weighted by atomic mass is 10.0. The number of hydrogen-bond donors (Lipinski definition) is 2. The van der Waals surface area contributed by atoms with Gasteiger partial charge in [-0.15, -0.1) is 0 Å². The molecule has 4 nitrogen and oxygen atoms in total. The van der Waals surface area contributed by atoms with Crippen molar-refractivity contribution in [2.24, 2.45) is 0 Å². The van der Waals surface area contributed by atoms with Crippen LogP contribution in [0.4, 0.5) is 11.4 Å². The topological polar surface area (TPSA) is 54.3 Å². The van der Waals surface area contributed by atoms with Crippen LogP contribution >= 0.6 is 22.6 Å². The first kappa shape index (κ1) is 12.5. The first-order valence-corrected chi connectivity index (χ1v) is 7.19. The standard InChI is InChI=1S/C14H13IN2O2/c15-13-5-3-11(19-13)8-16-10-2-4-12-9(7-10)1-6-14(18)17-12/h2-5,7,16H,1,6,8H2,(H,17,18). The van der Waals surface area contributed by atoms with Crippen LogP contribution in [-0.4, -0.2) is 5.91 Å². The van der Waals surface area contributed by atoms with Crippen LogP contribution in [0.5, 0.6) is 0 Å². The van der Waals surface area contributed by atoms with Gasteiger partial charge < -0.3 is 15.1 Å². The predicted molar refractivity (Wildman–Crippen MR) is 82.1 cm³/mol. The Morgan fingerprint density at radius 1 is 1.26 bits per heavy atom. The summed E-state index contributed by atoms with van der Waals surface area (Å²) in [6, 6.07) is 9.91. The first-order chi connectivity index (χ1) is 9.20. The number of carbonyl (C=O) groups is 1. The number of aryl methyl sites for hydroxylation is 1. The summed E-state index contributed by atoms with van der Waals surface area (Å²) < 4.78 is 6.39. The maximum atomic E-state index is 11.3. The van der Waals surface area contributed by atoms with E-state index < -0.39 is 0 Å². The van der Waals surface area contributed by atoms with Gasteiger partial charge in [-0.05, 0) is 64.9 Å². The number of nitrogens with one attached hydrogen (secondary N) is 2. The van der Waals surface area contributed by atoms with Gasteiger partial charge in [0, 0.05) is 17.8 Å². The third-order valence-corrected chi connectivity index (χ3v) is 3.68. The molecule has 0 aliphatic carbocycles. The molecule has 3 rings (SSSR count). The highest BCUT2D eigenvalue weighted by Gasteiger charge is 2.14. The van der Waals surface area contributed by atoms with Crippen molar-refractivity contribution in [3.63, 3.8) is 0 Å². The number of benzene rings is 1. The van der Waals surface area contributed by atoms with E-state index in [2.05, 4.69) is 39.3 Å². The summed E-state index contributed by atoms with van der Waals surface area (Å²) >= 11 is 2.15. The van der Waals surface area contributed by atoms with Crippen molar-refractivity contribution in [2.75, 3.05) is 10.6 Å². The molecular formula is C14H13IN2O2. The Morgan fingerprint density at radius 3 is 2.95 bits per heavy atom. The Morgan fingerprint density at radius 2 is 2.16 bits per heavy atom. The van der Waals surface area contributed by atoms with Gasteiger partial charge in [-0.25, -0.2) is 0 Å². The minimum Gasteiger partial charge on any atom is -0.454 e. The van der Waals surface area contributed by atoms with Crippen LogP contribution in [0.2, 0.25) is 0 Å². The Kier molecular flexibility index (Phi) is 3.46. The third-order valence-electron chi connectivity index (χ3n) is 3.10. The van der Waals surface area contributed by atoms with E-state index in [1.54, 1.807) is 0 Å². The van der Waals surface area contributed by atoms with E-state index in [9.17, 15) is 4.79 Å². The molecule has 5 heteroatoms. The molecule has 1 aromatic heterocycles. The number of fused-ring (bicyclic) bond motifs is 1. The molecule has 0 atom stereocenters. The van der Waals surface area contributed by atoms with Gasteiger partial charge in [0.25, 0.3) is 0 Å². The second-order valence-corrected chi connectivity index (χ2v) is 5.54. The lowest BCUT2D eigenvalue weighted by Gasteiger charge is -2.17. The molecule has 98 valence electrons. The van der Waals surface area contributed by atoms with E-state index in [0.29, 0.717) is 13.0 Å². The Balaban J connectivity index is 1.70. The van der Waals surface area contributed by atoms with E-state index in [-0.39, 0.29) is 5.91 Å². The quantitative estimate of drug-likeness (QED) is 0.817. The highest BCUT2D eigenvalue weighted by Crippen LogP contribution is 2.26. The third kappa shape index (κ3) is 2.91. The van der Waals surface area contributed by atoms with E-state index in [1.165, 1.54) is 5.56 Å². The molecule has 2 heterocycles. The number of hydrogen-bond acceptors (Lipinski definition) is 3. The highest BCUT2D eigenvalue weighted by molar-refractivity contribution is 14.1. The molecule has 2 aromatic rings. The molecule has 0 saturated carbocycles. The van der Waals surface area contributed by atoms with Crippen LogP contribution in [0.25, 0.3) is 0 Å². The summed E-state index contributed by atoms with van der Waals surface area (Å²) in [6.45, 7) is 0.661. The van der Waals surface area contributed by atoms with Crippen LogP contribution in [0.1, 0.15) is 17.7 Å². The average Bonchev–Trinajstić information content (AvgIpc) is 2.82. The van der Waals surface area contributed by atoms with Crippen LogP contribution in [0.15, 0.2) is 34.7 Å². The summed E-state index contributed by atoms with van der Waals surface area (Å²) in [4.78, 5) is 11.3. The zero-order valence-electron chi connectivity index (χ0n) is 10.2. The molecule has 2 N–H and O–H groups in total. The molecule has 0 radical (unpaired) electrons. The fourth-order valence-corrected chi connectivity index (χ4v) is 2.59. The molecule has 1 aromatic carbocycles. The molecular weight excluding hydrogens is 355 g/mol. The number of furan rings is 1. The van der Waals surface area contributed by atoms with Gasteiger partial charge in [0.05, 0.1) is 6.54 Å². The van der Waals surface area contributed by atoms with E-state index >= 15 is 0 Å². The van der Waals surface area contributed by atoms with Crippen LogP contribution in [0.3, 0.4) is 0 Å². The van der Waals surface area contributed by atoms with E-state index in [0.717, 1.165) is 27.3 Å². The summed E-state index contributed by atoms with van der Waals surface area (Å²) in [5.74, 6) is 1.01. The molecule has 19 heavy (non-hydrogen) atoms. The fraction of sp³-hybridized carbons (Fsp3) is 0.214. The van der Waals surface area contributed by atoms with Gasteiger partial charge in [0.2, 0.25) is 5.91 Å². The Bertz CT molecular complexity index is 622. The molecule has 0 fully saturated rings. The summed E-state index contributed by atoms with van der Waals surface area (Å²) in [6.07, 6.45) is 1.36. The average molecular weight is 368 g/mol. The largest absolute Gasteiger partial charge is 0.454 e. The van der Waals surface area contributed by atoms with Crippen molar-refractivity contribution < 1.29 is 9.21 Å². The molecule has 0 bridgehead atoms. The molecule has 0 spiro atoms. The van der Waals surface area contributed by atoms with Crippen molar-refractivity contribution >= 4 is 39.9 Å². The van der Waals surface area contributed by atoms with Gasteiger partial charge >= 0.3 is 0 Å². The van der Waals surface area contributed by atoms with Crippen LogP contribution in [0, 0.1) is 3.77 Å². The van der Waals surface area contributed by atoms with Crippen LogP contribution < -0.4 is 10.6 Å². The summed E-state index contributed by atoms with van der Waals surface area (Å²) in [5.41, 5.74) is 3.15. The SMILES string of the molecule is O=C1CCc2cc(NCc3ccc(I)o3)ccc2N1. The van der Waals surface area contributed by atoms with Crippen LogP contribution in [-0.2, 0) is 17.8 Å². The Labute approximate surface area is 124 Å². The summed E-state index contributed by atoms with van der Waals surface area (Å²) in [7, 11) is 0. The Hall–Kier alpha value is -1.50. The zero-order valence-corrected chi connectivity index (χ0v) is 12.4. The fourth-order valence-electron chi connectivity index (χ4n) is 2.13. The smallest absolute Gasteiger partial charge is 0.224 e. The number of halogens is 1. The zero-order chi connectivity index (χ0) is 13.2. The van der Waals surface area contributed by atoms with Crippen molar-refractivity contribution in [3.05, 3.63) is 45.4 Å². The van der Waals surface area contributed by atoms with E-state index in [4.69, 9.17) is 4.42 Å². The normalized spacial score (nSPS) is 13.8. The number of anilines is 2. The van der Waals surface area contributed by atoms with Gasteiger partial charge in [-0.3, -0.25) is 4.79 Å². The van der Waals surface area contributed by atoms with Crippen molar-refractivity contribution in [3.8, 4) is 0 Å². The monoisotopic (exact) mass is 368 g/mol. The maximum Gasteiger partial charge on any atom is 0.224 e. The van der Waals surface area contributed by atoms with Gasteiger partial charge in [0.15, 0.2) is 3.77 Å². The predicted octanol–water partition coefficient (Wildman–Crippen LogP) is 3.38. The number of rotatable bonds is 3. The lowest BCUT2D eigenvalue weighted by Crippen LogP contribution is -2.18. The van der Waals surface area contributed by atoms with Gasteiger partial charge in [-0.2, -0.15) is 0 Å². The molecule has 0 saturated heterocycles. The first-order valence-electron chi connectivity index (χ1n) is 6.11. The second kappa shape index (κ2) is 5.24. The summed E-state index contributed by atoms with van der Waals surface area (Å²) in [5, 5.41) is 6.20. The molecule has 0 unspecified atom stereocenters. The van der Waals surface area contributed by atoms with Gasteiger partial charge in [-0.1, -0.05) is 0 Å². The second-order valence-electron chi connectivity index (χ2n) is 4.48. The van der Waals surface area contributed by atoms with E-state index in [1.807, 2.05) is 24.3 Å².